The molecule has 0 aliphatic carbocycles. The number of hydrogen-bond donors (Lipinski definition) is 2. The standard InChI is InChI=1S/C13H15ClFNO3S/c1-20-6-2-3-11(17)16-12(13(18)19)8-4-5-9(14)10(15)7-8/h4-5,7,12H,2-3,6H2,1H3,(H,16,17)(H,18,19). The van der Waals surface area contributed by atoms with Crippen LogP contribution in [0.5, 0.6) is 0 Å². The van der Waals surface area contributed by atoms with E-state index in [0.717, 1.165) is 11.8 Å². The molecule has 0 fully saturated rings. The van der Waals surface area contributed by atoms with Gasteiger partial charge >= 0.3 is 5.97 Å². The van der Waals surface area contributed by atoms with E-state index in [4.69, 9.17) is 16.7 Å². The Morgan fingerprint density at radius 1 is 1.50 bits per heavy atom. The molecule has 0 bridgehead atoms. The Labute approximate surface area is 125 Å². The third-order valence-corrected chi connectivity index (χ3v) is 3.59. The summed E-state index contributed by atoms with van der Waals surface area (Å²) >= 11 is 7.15. The van der Waals surface area contributed by atoms with E-state index >= 15 is 0 Å². The van der Waals surface area contributed by atoms with Gasteiger partial charge in [-0.1, -0.05) is 17.7 Å². The van der Waals surface area contributed by atoms with Crippen LogP contribution in [0.25, 0.3) is 0 Å². The zero-order valence-electron chi connectivity index (χ0n) is 10.9. The molecule has 0 aromatic heterocycles. The number of aliphatic carboxylic acids is 1. The average Bonchev–Trinajstić information content (AvgIpc) is 2.39. The summed E-state index contributed by atoms with van der Waals surface area (Å²) in [4.78, 5) is 22.8. The van der Waals surface area contributed by atoms with Crippen molar-refractivity contribution in [1.82, 2.24) is 5.32 Å². The van der Waals surface area contributed by atoms with Crippen LogP contribution in [0.3, 0.4) is 0 Å². The van der Waals surface area contributed by atoms with Crippen LogP contribution in [-0.4, -0.2) is 29.0 Å². The van der Waals surface area contributed by atoms with Crippen LogP contribution in [-0.2, 0) is 9.59 Å². The van der Waals surface area contributed by atoms with E-state index in [-0.39, 0.29) is 22.9 Å². The van der Waals surface area contributed by atoms with Crippen LogP contribution in [0.15, 0.2) is 18.2 Å². The Bertz CT molecular complexity index is 499. The van der Waals surface area contributed by atoms with E-state index in [1.807, 2.05) is 6.26 Å². The van der Waals surface area contributed by atoms with Gasteiger partial charge in [-0.05, 0) is 36.1 Å². The summed E-state index contributed by atoms with van der Waals surface area (Å²) < 4.78 is 13.3. The van der Waals surface area contributed by atoms with Gasteiger partial charge < -0.3 is 10.4 Å². The molecule has 0 radical (unpaired) electrons. The SMILES string of the molecule is CSCCCC(=O)NC(C(=O)O)c1ccc(Cl)c(F)c1. The molecule has 2 N–H and O–H groups in total. The number of carbonyl (C=O) groups excluding carboxylic acids is 1. The average molecular weight is 320 g/mol. The minimum atomic E-state index is -1.27. The van der Waals surface area contributed by atoms with E-state index in [9.17, 15) is 14.0 Å². The molecule has 110 valence electrons. The number of halogens is 2. The molecule has 0 aliphatic rings. The highest BCUT2D eigenvalue weighted by Gasteiger charge is 2.22. The fraction of sp³-hybridized carbons (Fsp3) is 0.385. The maximum Gasteiger partial charge on any atom is 0.330 e. The fourth-order valence-corrected chi connectivity index (χ4v) is 2.14. The molecule has 4 nitrogen and oxygen atoms in total. The maximum atomic E-state index is 13.3. The molecule has 0 aliphatic heterocycles. The van der Waals surface area contributed by atoms with Crippen molar-refractivity contribution < 1.29 is 19.1 Å². The highest BCUT2D eigenvalue weighted by atomic mass is 35.5. The van der Waals surface area contributed by atoms with Gasteiger partial charge in [0.15, 0.2) is 6.04 Å². The molecule has 7 heteroatoms. The van der Waals surface area contributed by atoms with Crippen molar-refractivity contribution in [3.63, 3.8) is 0 Å². The molecular formula is C13H15ClFNO3S. The Hall–Kier alpha value is -1.27. The number of carboxylic acids is 1. The van der Waals surface area contributed by atoms with E-state index in [2.05, 4.69) is 5.32 Å². The predicted molar refractivity (Wildman–Crippen MR) is 77.5 cm³/mol. The van der Waals surface area contributed by atoms with Crippen molar-refractivity contribution >= 4 is 35.2 Å². The van der Waals surface area contributed by atoms with Gasteiger partial charge in [0.25, 0.3) is 0 Å². The first-order valence-corrected chi connectivity index (χ1v) is 7.69. The summed E-state index contributed by atoms with van der Waals surface area (Å²) in [5.74, 6) is -1.51. The van der Waals surface area contributed by atoms with Gasteiger partial charge in [0.2, 0.25) is 5.91 Å². The van der Waals surface area contributed by atoms with Crippen molar-refractivity contribution in [2.45, 2.75) is 18.9 Å². The molecule has 1 atom stereocenters. The van der Waals surface area contributed by atoms with E-state index in [0.29, 0.717) is 6.42 Å². The molecule has 0 saturated carbocycles. The predicted octanol–water partition coefficient (Wildman–Crippen LogP) is 2.86. The summed E-state index contributed by atoms with van der Waals surface area (Å²) in [6.45, 7) is 0. The number of hydrogen-bond acceptors (Lipinski definition) is 3. The summed E-state index contributed by atoms with van der Waals surface area (Å²) in [6.07, 6.45) is 2.82. The van der Waals surface area contributed by atoms with E-state index in [1.54, 1.807) is 11.8 Å². The lowest BCUT2D eigenvalue weighted by molar-refractivity contribution is -0.142. The van der Waals surface area contributed by atoms with Gasteiger partial charge in [0, 0.05) is 6.42 Å². The summed E-state index contributed by atoms with van der Waals surface area (Å²) in [6, 6.07) is 2.39. The molecule has 0 spiro atoms. The van der Waals surface area contributed by atoms with Crippen LogP contribution in [0.1, 0.15) is 24.4 Å². The van der Waals surface area contributed by atoms with Crippen molar-refractivity contribution in [2.24, 2.45) is 0 Å². The minimum Gasteiger partial charge on any atom is -0.479 e. The van der Waals surface area contributed by atoms with Crippen LogP contribution < -0.4 is 5.32 Å². The van der Waals surface area contributed by atoms with Gasteiger partial charge in [-0.25, -0.2) is 9.18 Å². The Kier molecular flexibility index (Phi) is 6.81. The third-order valence-electron chi connectivity index (χ3n) is 2.58. The van der Waals surface area contributed by atoms with Gasteiger partial charge in [0.1, 0.15) is 5.82 Å². The Balaban J connectivity index is 2.76. The number of carbonyl (C=O) groups is 2. The number of carboxylic acid groups (broad SMARTS) is 1. The fourth-order valence-electron chi connectivity index (χ4n) is 1.59. The number of nitrogens with one attached hydrogen (secondary N) is 1. The quantitative estimate of drug-likeness (QED) is 0.758. The van der Waals surface area contributed by atoms with Crippen molar-refractivity contribution in [2.75, 3.05) is 12.0 Å². The van der Waals surface area contributed by atoms with Gasteiger partial charge in [-0.2, -0.15) is 11.8 Å². The number of amides is 1. The molecule has 0 saturated heterocycles. The molecule has 0 heterocycles. The number of thioether (sulfide) groups is 1. The molecule has 1 amide bonds. The zero-order valence-corrected chi connectivity index (χ0v) is 12.4. The smallest absolute Gasteiger partial charge is 0.330 e. The zero-order chi connectivity index (χ0) is 15.1. The Morgan fingerprint density at radius 2 is 2.20 bits per heavy atom. The second-order valence-corrected chi connectivity index (χ2v) is 5.50. The summed E-state index contributed by atoms with van der Waals surface area (Å²) in [5, 5.41) is 11.4. The van der Waals surface area contributed by atoms with E-state index < -0.39 is 17.8 Å². The molecule has 1 unspecified atom stereocenters. The first-order chi connectivity index (χ1) is 9.45. The molecular weight excluding hydrogens is 305 g/mol. The maximum absolute atomic E-state index is 13.3. The molecule has 1 rings (SSSR count). The van der Waals surface area contributed by atoms with E-state index in [1.165, 1.54) is 12.1 Å². The summed E-state index contributed by atoms with van der Waals surface area (Å²) in [5.41, 5.74) is 0.151. The van der Waals surface area contributed by atoms with Crippen molar-refractivity contribution in [3.8, 4) is 0 Å². The Morgan fingerprint density at radius 3 is 2.75 bits per heavy atom. The molecule has 20 heavy (non-hydrogen) atoms. The third kappa shape index (κ3) is 5.02. The topological polar surface area (TPSA) is 66.4 Å². The van der Waals surface area contributed by atoms with Gasteiger partial charge in [-0.15, -0.1) is 0 Å². The molecule has 1 aromatic rings. The highest BCUT2D eigenvalue weighted by Crippen LogP contribution is 2.20. The van der Waals surface area contributed by atoms with Gasteiger partial charge in [-0.3, -0.25) is 4.79 Å². The highest BCUT2D eigenvalue weighted by molar-refractivity contribution is 7.98. The lowest BCUT2D eigenvalue weighted by Gasteiger charge is -2.15. The summed E-state index contributed by atoms with van der Waals surface area (Å²) in [7, 11) is 0. The normalized spacial score (nSPS) is 11.9. The molecule has 1 aromatic carbocycles. The minimum absolute atomic E-state index is 0.0933. The second-order valence-electron chi connectivity index (χ2n) is 4.11. The van der Waals surface area contributed by atoms with Gasteiger partial charge in [0.05, 0.1) is 5.02 Å². The lowest BCUT2D eigenvalue weighted by atomic mass is 10.1. The first kappa shape index (κ1) is 16.8. The number of rotatable bonds is 7. The van der Waals surface area contributed by atoms with Crippen LogP contribution >= 0.6 is 23.4 Å². The second kappa shape index (κ2) is 8.11. The number of benzene rings is 1. The van der Waals surface area contributed by atoms with Crippen LogP contribution in [0.2, 0.25) is 5.02 Å². The van der Waals surface area contributed by atoms with Crippen molar-refractivity contribution in [1.29, 1.82) is 0 Å². The van der Waals surface area contributed by atoms with Crippen LogP contribution in [0, 0.1) is 5.82 Å². The van der Waals surface area contributed by atoms with Crippen molar-refractivity contribution in [3.05, 3.63) is 34.6 Å². The van der Waals surface area contributed by atoms with Crippen LogP contribution in [0.4, 0.5) is 4.39 Å². The largest absolute Gasteiger partial charge is 0.479 e. The first-order valence-electron chi connectivity index (χ1n) is 5.91. The monoisotopic (exact) mass is 319 g/mol. The lowest BCUT2D eigenvalue weighted by Crippen LogP contribution is -2.33.